The van der Waals surface area contributed by atoms with E-state index < -0.39 is 12.0 Å². The molecule has 2 N–H and O–H groups in total. The van der Waals surface area contributed by atoms with Gasteiger partial charge in [-0.15, -0.1) is 6.58 Å². The number of carbonyl (C=O) groups is 2. The summed E-state index contributed by atoms with van der Waals surface area (Å²) in [6, 6.07) is -0.997. The first kappa shape index (κ1) is 10.7. The maximum atomic E-state index is 11.4. The van der Waals surface area contributed by atoms with Gasteiger partial charge < -0.3 is 10.4 Å². The molecule has 1 aliphatic rings. The second-order valence-corrected chi connectivity index (χ2v) is 3.33. The van der Waals surface area contributed by atoms with Crippen molar-refractivity contribution in [1.29, 1.82) is 0 Å². The molecule has 1 amide bonds. The largest absolute Gasteiger partial charge is 0.480 e. The van der Waals surface area contributed by atoms with Crippen LogP contribution in [0.1, 0.15) is 6.92 Å². The van der Waals surface area contributed by atoms with Crippen LogP contribution in [-0.2, 0) is 9.59 Å². The Morgan fingerprint density at radius 2 is 2.43 bits per heavy atom. The van der Waals surface area contributed by atoms with Crippen molar-refractivity contribution in [2.24, 2.45) is 0 Å². The van der Waals surface area contributed by atoms with Crippen LogP contribution in [0.15, 0.2) is 12.7 Å². The summed E-state index contributed by atoms with van der Waals surface area (Å²) >= 11 is 0. The summed E-state index contributed by atoms with van der Waals surface area (Å²) in [7, 11) is 0. The summed E-state index contributed by atoms with van der Waals surface area (Å²) in [6.07, 6.45) is 1.72. The Bertz CT molecular complexity index is 265. The lowest BCUT2D eigenvalue weighted by molar-refractivity contribution is -0.141. The quantitative estimate of drug-likeness (QED) is 0.459. The van der Waals surface area contributed by atoms with E-state index in [1.54, 1.807) is 6.08 Å². The molecular weight excluding hydrogens is 184 g/mol. The zero-order valence-electron chi connectivity index (χ0n) is 8.06. The number of aliphatic carboxylic acids is 1. The monoisotopic (exact) mass is 198 g/mol. The normalized spacial score (nSPS) is 26.4. The van der Waals surface area contributed by atoms with Gasteiger partial charge in [0.25, 0.3) is 0 Å². The van der Waals surface area contributed by atoms with E-state index in [9.17, 15) is 9.59 Å². The fourth-order valence-electron chi connectivity index (χ4n) is 1.16. The summed E-state index contributed by atoms with van der Waals surface area (Å²) in [4.78, 5) is 23.7. The molecule has 0 saturated carbocycles. The van der Waals surface area contributed by atoms with E-state index in [0.717, 1.165) is 0 Å². The first-order valence-electron chi connectivity index (χ1n) is 4.44. The lowest BCUT2D eigenvalue weighted by Gasteiger charge is -2.08. The Morgan fingerprint density at radius 1 is 1.79 bits per heavy atom. The Kier molecular flexibility index (Phi) is 3.24. The summed E-state index contributed by atoms with van der Waals surface area (Å²) in [5.74, 6) is -1.24. The van der Waals surface area contributed by atoms with E-state index in [1.165, 1.54) is 6.92 Å². The van der Waals surface area contributed by atoms with Crippen molar-refractivity contribution in [3.05, 3.63) is 12.7 Å². The minimum atomic E-state index is -1.02. The molecule has 5 nitrogen and oxygen atoms in total. The highest BCUT2D eigenvalue weighted by Crippen LogP contribution is 2.16. The molecule has 0 aromatic heterocycles. The molecule has 0 radical (unpaired) electrons. The van der Waals surface area contributed by atoms with Crippen LogP contribution < -0.4 is 5.32 Å². The average molecular weight is 198 g/mol. The number of amides is 1. The van der Waals surface area contributed by atoms with Crippen LogP contribution >= 0.6 is 0 Å². The van der Waals surface area contributed by atoms with Gasteiger partial charge in [-0.1, -0.05) is 6.08 Å². The van der Waals surface area contributed by atoms with Gasteiger partial charge in [-0.3, -0.25) is 14.5 Å². The van der Waals surface area contributed by atoms with Crippen molar-refractivity contribution in [3.63, 3.8) is 0 Å². The molecule has 0 aromatic carbocycles. The molecule has 1 rings (SSSR count). The fraction of sp³-hybridized carbons (Fsp3) is 0.556. The van der Waals surface area contributed by atoms with Crippen LogP contribution in [0.2, 0.25) is 0 Å². The van der Waals surface area contributed by atoms with E-state index in [1.807, 2.05) is 4.90 Å². The first-order chi connectivity index (χ1) is 6.56. The van der Waals surface area contributed by atoms with Crippen molar-refractivity contribution in [1.82, 2.24) is 10.2 Å². The zero-order chi connectivity index (χ0) is 10.7. The second-order valence-electron chi connectivity index (χ2n) is 3.33. The van der Waals surface area contributed by atoms with Gasteiger partial charge in [0.2, 0.25) is 5.91 Å². The molecule has 0 aliphatic carbocycles. The third kappa shape index (κ3) is 2.56. The van der Waals surface area contributed by atoms with E-state index in [0.29, 0.717) is 13.1 Å². The smallest absolute Gasteiger partial charge is 0.325 e. The van der Waals surface area contributed by atoms with E-state index >= 15 is 0 Å². The molecule has 3 atom stereocenters. The van der Waals surface area contributed by atoms with E-state index in [4.69, 9.17) is 5.11 Å². The lowest BCUT2D eigenvalue weighted by atomic mass is 10.3. The number of carboxylic acid groups (broad SMARTS) is 1. The number of carbonyl (C=O) groups excluding carboxylic acids is 1. The Balaban J connectivity index is 2.31. The average Bonchev–Trinajstić information content (AvgIpc) is 2.84. The van der Waals surface area contributed by atoms with Crippen LogP contribution in [0.25, 0.3) is 0 Å². The molecule has 0 bridgehead atoms. The van der Waals surface area contributed by atoms with Gasteiger partial charge >= 0.3 is 5.97 Å². The summed E-state index contributed by atoms with van der Waals surface area (Å²) in [6.45, 7) is 6.35. The van der Waals surface area contributed by atoms with Gasteiger partial charge in [0.05, 0.1) is 0 Å². The Morgan fingerprint density at radius 3 is 2.93 bits per heavy atom. The SMILES string of the molecule is C=CCN1CC1C(=O)NC(C)C(=O)O. The van der Waals surface area contributed by atoms with E-state index in [-0.39, 0.29) is 11.9 Å². The molecule has 1 aliphatic heterocycles. The minimum absolute atomic E-state index is 0.171. The number of nitrogens with one attached hydrogen (secondary N) is 1. The van der Waals surface area contributed by atoms with Crippen LogP contribution in [0.3, 0.4) is 0 Å². The van der Waals surface area contributed by atoms with E-state index in [2.05, 4.69) is 11.9 Å². The highest BCUT2D eigenvalue weighted by molar-refractivity contribution is 5.88. The molecule has 78 valence electrons. The molecular formula is C9H14N2O3. The van der Waals surface area contributed by atoms with Crippen molar-refractivity contribution in [2.75, 3.05) is 13.1 Å². The molecule has 1 saturated heterocycles. The predicted octanol–water partition coefficient (Wildman–Crippen LogP) is -0.554. The number of hydrogen-bond acceptors (Lipinski definition) is 3. The van der Waals surface area contributed by atoms with Crippen LogP contribution in [0.5, 0.6) is 0 Å². The van der Waals surface area contributed by atoms with Gasteiger partial charge in [-0.05, 0) is 6.92 Å². The molecule has 1 heterocycles. The lowest BCUT2D eigenvalue weighted by Crippen LogP contribution is -2.41. The van der Waals surface area contributed by atoms with Crippen LogP contribution in [-0.4, -0.2) is 47.1 Å². The van der Waals surface area contributed by atoms with Crippen molar-refractivity contribution in [2.45, 2.75) is 19.0 Å². The van der Waals surface area contributed by atoms with Gasteiger partial charge in [-0.25, -0.2) is 0 Å². The minimum Gasteiger partial charge on any atom is -0.480 e. The third-order valence-electron chi connectivity index (χ3n) is 2.11. The number of nitrogens with zero attached hydrogens (tertiary/aromatic N) is 1. The van der Waals surface area contributed by atoms with Gasteiger partial charge in [0, 0.05) is 13.1 Å². The Labute approximate surface area is 82.4 Å². The van der Waals surface area contributed by atoms with Gasteiger partial charge in [0.15, 0.2) is 0 Å². The molecule has 5 heteroatoms. The van der Waals surface area contributed by atoms with Crippen molar-refractivity contribution >= 4 is 11.9 Å². The van der Waals surface area contributed by atoms with Crippen LogP contribution in [0.4, 0.5) is 0 Å². The van der Waals surface area contributed by atoms with Gasteiger partial charge in [0.1, 0.15) is 12.1 Å². The fourth-order valence-corrected chi connectivity index (χ4v) is 1.16. The molecule has 14 heavy (non-hydrogen) atoms. The maximum Gasteiger partial charge on any atom is 0.325 e. The van der Waals surface area contributed by atoms with Gasteiger partial charge in [-0.2, -0.15) is 0 Å². The first-order valence-corrected chi connectivity index (χ1v) is 4.44. The van der Waals surface area contributed by atoms with Crippen molar-refractivity contribution < 1.29 is 14.7 Å². The highest BCUT2D eigenvalue weighted by atomic mass is 16.4. The standard InChI is InChI=1S/C9H14N2O3/c1-3-4-11-5-7(11)8(12)10-6(2)9(13)14/h3,6-7H,1,4-5H2,2H3,(H,10,12)(H,13,14). The zero-order valence-corrected chi connectivity index (χ0v) is 8.06. The molecule has 0 aromatic rings. The summed E-state index contributed by atoms with van der Waals surface area (Å²) in [5.41, 5.74) is 0. The number of carboxylic acids is 1. The summed E-state index contributed by atoms with van der Waals surface area (Å²) < 4.78 is 0. The maximum absolute atomic E-state index is 11.4. The molecule has 3 unspecified atom stereocenters. The molecule has 1 fully saturated rings. The van der Waals surface area contributed by atoms with Crippen LogP contribution in [0, 0.1) is 0 Å². The topological polar surface area (TPSA) is 69.4 Å². The predicted molar refractivity (Wildman–Crippen MR) is 50.8 cm³/mol. The number of hydrogen-bond donors (Lipinski definition) is 2. The molecule has 0 spiro atoms. The second kappa shape index (κ2) is 4.23. The Hall–Kier alpha value is -1.36. The highest BCUT2D eigenvalue weighted by Gasteiger charge is 2.39. The number of rotatable bonds is 5. The third-order valence-corrected chi connectivity index (χ3v) is 2.11. The summed E-state index contributed by atoms with van der Waals surface area (Å²) in [5, 5.41) is 11.0. The van der Waals surface area contributed by atoms with Crippen molar-refractivity contribution in [3.8, 4) is 0 Å².